The second-order valence-corrected chi connectivity index (χ2v) is 9.43. The first kappa shape index (κ1) is 28.9. The summed E-state index contributed by atoms with van der Waals surface area (Å²) in [5, 5.41) is 0. The van der Waals surface area contributed by atoms with Gasteiger partial charge in [-0.1, -0.05) is 0 Å². The highest BCUT2D eigenvalue weighted by atomic mass is 16.5. The Hall–Kier alpha value is -3.13. The predicted molar refractivity (Wildman–Crippen MR) is 150 cm³/mol. The molecule has 0 atom stereocenters. The van der Waals surface area contributed by atoms with Gasteiger partial charge < -0.3 is 38.2 Å². The second kappa shape index (κ2) is 14.9. The van der Waals surface area contributed by atoms with Crippen molar-refractivity contribution in [2.75, 3.05) is 102 Å². The Kier molecular flexibility index (Phi) is 11.0. The normalized spacial score (nSPS) is 14.3. The lowest BCUT2D eigenvalue weighted by Gasteiger charge is -2.33. The lowest BCUT2D eigenvalue weighted by atomic mass is 10.1. The van der Waals surface area contributed by atoms with E-state index in [-0.39, 0.29) is 6.10 Å². The van der Waals surface area contributed by atoms with Crippen molar-refractivity contribution in [1.82, 2.24) is 29.5 Å². The van der Waals surface area contributed by atoms with Crippen LogP contribution < -0.4 is 14.7 Å². The number of hydrogen-bond acceptors (Lipinski definition) is 12. The molecule has 1 aliphatic heterocycles. The molecular weight excluding hydrogens is 502 g/mol. The minimum absolute atomic E-state index is 0.256. The molecule has 1 saturated heterocycles. The molecule has 0 aliphatic carbocycles. The van der Waals surface area contributed by atoms with Gasteiger partial charge in [0.1, 0.15) is 11.0 Å². The van der Waals surface area contributed by atoms with Crippen LogP contribution in [0, 0.1) is 0 Å². The Morgan fingerprint density at radius 3 is 2.10 bits per heavy atom. The minimum atomic E-state index is 0.256. The van der Waals surface area contributed by atoms with E-state index in [0.29, 0.717) is 63.4 Å². The van der Waals surface area contributed by atoms with Crippen LogP contribution in [0.3, 0.4) is 0 Å². The van der Waals surface area contributed by atoms with E-state index < -0.39 is 0 Å². The zero-order chi connectivity index (χ0) is 27.5. The number of hydrogen-bond donors (Lipinski definition) is 0. The van der Waals surface area contributed by atoms with E-state index in [9.17, 15) is 0 Å². The van der Waals surface area contributed by atoms with Gasteiger partial charge >= 0.3 is 0 Å². The molecule has 3 aromatic rings. The summed E-state index contributed by atoms with van der Waals surface area (Å²) in [4.78, 5) is 30.4. The number of fused-ring (bicyclic) bond motifs is 1. The summed E-state index contributed by atoms with van der Waals surface area (Å²) in [5.74, 6) is 2.06. The third kappa shape index (κ3) is 7.72. The van der Waals surface area contributed by atoms with E-state index in [2.05, 4.69) is 19.7 Å². The lowest BCUT2D eigenvalue weighted by molar-refractivity contribution is 0.0818. The van der Waals surface area contributed by atoms with Crippen molar-refractivity contribution >= 4 is 28.7 Å². The van der Waals surface area contributed by atoms with Crippen molar-refractivity contribution in [3.63, 3.8) is 0 Å². The largest absolute Gasteiger partial charge is 0.383 e. The molecule has 0 amide bonds. The van der Waals surface area contributed by atoms with E-state index in [4.69, 9.17) is 38.9 Å². The van der Waals surface area contributed by atoms with Crippen molar-refractivity contribution in [2.45, 2.75) is 25.5 Å². The van der Waals surface area contributed by atoms with E-state index in [0.717, 1.165) is 43.8 Å². The highest BCUT2D eigenvalue weighted by Gasteiger charge is 2.25. The average Bonchev–Trinajstić information content (AvgIpc) is 3.50. The zero-order valence-corrected chi connectivity index (χ0v) is 23.5. The topological polar surface area (TPSA) is 116 Å². The molecule has 0 bridgehead atoms. The van der Waals surface area contributed by atoms with Crippen molar-refractivity contribution in [3.8, 4) is 0 Å². The average molecular weight is 544 g/mol. The first-order chi connectivity index (χ1) is 19.2. The van der Waals surface area contributed by atoms with Gasteiger partial charge in [0.15, 0.2) is 5.82 Å². The molecular formula is C26H41N9O4. The number of nitrogens with zero attached hydrogens (tertiary/aromatic N) is 9. The van der Waals surface area contributed by atoms with Crippen LogP contribution in [0.4, 0.5) is 17.7 Å². The van der Waals surface area contributed by atoms with Gasteiger partial charge in [-0.15, -0.1) is 0 Å². The number of imidazole rings is 1. The van der Waals surface area contributed by atoms with E-state index in [1.165, 1.54) is 0 Å². The van der Waals surface area contributed by atoms with Crippen molar-refractivity contribution in [2.24, 2.45) is 0 Å². The molecule has 3 aromatic heterocycles. The summed E-state index contributed by atoms with van der Waals surface area (Å²) in [6.07, 6.45) is 9.46. The van der Waals surface area contributed by atoms with Crippen molar-refractivity contribution in [3.05, 3.63) is 24.9 Å². The van der Waals surface area contributed by atoms with Gasteiger partial charge in [0.05, 0.1) is 38.4 Å². The number of aromatic nitrogens is 6. The van der Waals surface area contributed by atoms with Crippen LogP contribution in [-0.2, 0) is 25.5 Å². The van der Waals surface area contributed by atoms with Gasteiger partial charge in [0.2, 0.25) is 11.9 Å². The molecule has 13 heteroatoms. The SMILES string of the molecule is COCCN(CCn1ccnc1)c1nc(N2CCC(OC)CC2)c2nc(N(CCOC)CCOC)ncc2n1. The number of rotatable bonds is 16. The highest BCUT2D eigenvalue weighted by molar-refractivity contribution is 5.87. The summed E-state index contributed by atoms with van der Waals surface area (Å²) in [6, 6.07) is 0. The Bertz CT molecular complexity index is 1120. The van der Waals surface area contributed by atoms with E-state index in [1.807, 2.05) is 17.1 Å². The number of piperidine rings is 1. The molecule has 0 saturated carbocycles. The van der Waals surface area contributed by atoms with E-state index >= 15 is 0 Å². The second-order valence-electron chi connectivity index (χ2n) is 9.43. The first-order valence-corrected chi connectivity index (χ1v) is 13.4. The van der Waals surface area contributed by atoms with Gasteiger partial charge in [-0.3, -0.25) is 0 Å². The van der Waals surface area contributed by atoms with Crippen molar-refractivity contribution < 1.29 is 18.9 Å². The van der Waals surface area contributed by atoms with Crippen LogP contribution in [0.15, 0.2) is 24.9 Å². The molecule has 0 N–H and O–H groups in total. The standard InChI is InChI=1S/C26H41N9O4/c1-36-16-13-34(12-11-32-10-7-27-20-32)26-29-22-19-28-25(35(14-17-37-2)15-18-38-3)30-23(22)24(31-26)33-8-5-21(39-4)6-9-33/h7,10,19-21H,5-6,8-9,11-18H2,1-4H3. The molecule has 4 rings (SSSR count). The molecule has 0 spiro atoms. The van der Waals surface area contributed by atoms with Crippen LogP contribution in [0.5, 0.6) is 0 Å². The fourth-order valence-electron chi connectivity index (χ4n) is 4.59. The summed E-state index contributed by atoms with van der Waals surface area (Å²) >= 11 is 0. The van der Waals surface area contributed by atoms with Gasteiger partial charge in [0.25, 0.3) is 0 Å². The molecule has 0 unspecified atom stereocenters. The van der Waals surface area contributed by atoms with Crippen LogP contribution in [0.25, 0.3) is 11.0 Å². The summed E-state index contributed by atoms with van der Waals surface area (Å²) in [7, 11) is 6.86. The fourth-order valence-corrected chi connectivity index (χ4v) is 4.59. The molecule has 4 heterocycles. The van der Waals surface area contributed by atoms with Crippen molar-refractivity contribution in [1.29, 1.82) is 0 Å². The number of ether oxygens (including phenoxy) is 4. The Morgan fingerprint density at radius 2 is 1.51 bits per heavy atom. The Labute approximate surface area is 230 Å². The molecule has 1 aliphatic rings. The smallest absolute Gasteiger partial charge is 0.228 e. The molecule has 214 valence electrons. The third-order valence-electron chi connectivity index (χ3n) is 6.92. The quantitative estimate of drug-likeness (QED) is 0.261. The molecule has 0 aromatic carbocycles. The van der Waals surface area contributed by atoms with Gasteiger partial charge in [-0.05, 0) is 12.8 Å². The number of methoxy groups -OCH3 is 4. The Morgan fingerprint density at radius 1 is 0.846 bits per heavy atom. The molecule has 0 radical (unpaired) electrons. The molecule has 1 fully saturated rings. The maximum absolute atomic E-state index is 5.62. The van der Waals surface area contributed by atoms with Crippen LogP contribution in [-0.4, -0.2) is 123 Å². The summed E-state index contributed by atoms with van der Waals surface area (Å²) in [6.45, 7) is 6.75. The third-order valence-corrected chi connectivity index (χ3v) is 6.92. The van der Waals surface area contributed by atoms with Gasteiger partial charge in [-0.2, -0.15) is 4.98 Å². The fraction of sp³-hybridized carbons (Fsp3) is 0.654. The lowest BCUT2D eigenvalue weighted by Crippen LogP contribution is -2.38. The predicted octanol–water partition coefficient (Wildman–Crippen LogP) is 1.48. The maximum Gasteiger partial charge on any atom is 0.228 e. The van der Waals surface area contributed by atoms with Gasteiger partial charge in [-0.25, -0.2) is 19.9 Å². The summed E-state index contributed by atoms with van der Waals surface area (Å²) < 4.78 is 23.7. The highest BCUT2D eigenvalue weighted by Crippen LogP contribution is 2.29. The summed E-state index contributed by atoms with van der Waals surface area (Å²) in [5.41, 5.74) is 1.44. The Balaban J connectivity index is 1.71. The van der Waals surface area contributed by atoms with Crippen LogP contribution >= 0.6 is 0 Å². The van der Waals surface area contributed by atoms with Crippen LogP contribution in [0.1, 0.15) is 12.8 Å². The minimum Gasteiger partial charge on any atom is -0.383 e. The maximum atomic E-state index is 5.62. The van der Waals surface area contributed by atoms with Crippen LogP contribution in [0.2, 0.25) is 0 Å². The number of anilines is 3. The van der Waals surface area contributed by atoms with Gasteiger partial charge in [0, 0.05) is 86.6 Å². The first-order valence-electron chi connectivity index (χ1n) is 13.4. The van der Waals surface area contributed by atoms with E-state index in [1.54, 1.807) is 40.8 Å². The zero-order valence-electron chi connectivity index (χ0n) is 23.5. The molecule has 39 heavy (non-hydrogen) atoms. The molecule has 13 nitrogen and oxygen atoms in total. The monoisotopic (exact) mass is 543 g/mol.